The van der Waals surface area contributed by atoms with E-state index in [1.807, 2.05) is 0 Å². The Kier molecular flexibility index (Phi) is 8.04. The van der Waals surface area contributed by atoms with E-state index in [1.54, 1.807) is 0 Å². The van der Waals surface area contributed by atoms with Gasteiger partial charge in [0, 0.05) is 5.57 Å². The zero-order valence-corrected chi connectivity index (χ0v) is 14.4. The molecule has 0 amide bonds. The van der Waals surface area contributed by atoms with Crippen LogP contribution < -0.4 is 0 Å². The monoisotopic (exact) mass is 306 g/mol. The summed E-state index contributed by atoms with van der Waals surface area (Å²) in [5.74, 6) is 1.17. The summed E-state index contributed by atoms with van der Waals surface area (Å²) in [4.78, 5) is 12.0. The summed E-state index contributed by atoms with van der Waals surface area (Å²) < 4.78 is 5.44. The average molecular weight is 306 g/mol. The molecule has 0 radical (unpaired) electrons. The molecule has 0 aromatic heterocycles. The second-order valence-electron chi connectivity index (χ2n) is 7.21. The SMILES string of the molecule is CCCCCCCCCCCCOC(=O)C1=CC2CCC1C2. The molecule has 0 heterocycles. The molecule has 2 aliphatic rings. The first-order chi connectivity index (χ1) is 10.8. The van der Waals surface area contributed by atoms with Gasteiger partial charge in [-0.15, -0.1) is 0 Å². The highest BCUT2D eigenvalue weighted by atomic mass is 16.5. The fraction of sp³-hybridized carbons (Fsp3) is 0.850. The van der Waals surface area contributed by atoms with Crippen molar-refractivity contribution in [1.82, 2.24) is 0 Å². The summed E-state index contributed by atoms with van der Waals surface area (Å²) in [5, 5.41) is 0. The van der Waals surface area contributed by atoms with E-state index in [-0.39, 0.29) is 5.97 Å². The molecule has 126 valence electrons. The van der Waals surface area contributed by atoms with Gasteiger partial charge < -0.3 is 4.74 Å². The maximum Gasteiger partial charge on any atom is 0.333 e. The molecule has 22 heavy (non-hydrogen) atoms. The van der Waals surface area contributed by atoms with E-state index in [0.717, 1.165) is 12.0 Å². The quantitative estimate of drug-likeness (QED) is 0.336. The number of unbranched alkanes of at least 4 members (excludes halogenated alkanes) is 9. The normalized spacial score (nSPS) is 22.9. The van der Waals surface area contributed by atoms with Crippen molar-refractivity contribution in [1.29, 1.82) is 0 Å². The van der Waals surface area contributed by atoms with E-state index in [1.165, 1.54) is 77.0 Å². The van der Waals surface area contributed by atoms with Gasteiger partial charge in [-0.1, -0.05) is 70.8 Å². The van der Waals surface area contributed by atoms with Crippen molar-refractivity contribution < 1.29 is 9.53 Å². The van der Waals surface area contributed by atoms with Gasteiger partial charge >= 0.3 is 5.97 Å². The van der Waals surface area contributed by atoms with Crippen molar-refractivity contribution in [3.63, 3.8) is 0 Å². The van der Waals surface area contributed by atoms with Crippen molar-refractivity contribution in [2.75, 3.05) is 6.61 Å². The van der Waals surface area contributed by atoms with Gasteiger partial charge in [0.25, 0.3) is 0 Å². The molecule has 2 rings (SSSR count). The molecule has 0 aliphatic heterocycles. The van der Waals surface area contributed by atoms with Crippen LogP contribution in [0, 0.1) is 11.8 Å². The second-order valence-corrected chi connectivity index (χ2v) is 7.21. The fourth-order valence-electron chi connectivity index (χ4n) is 3.91. The van der Waals surface area contributed by atoms with Gasteiger partial charge in [-0.2, -0.15) is 0 Å². The Morgan fingerprint density at radius 1 is 1.00 bits per heavy atom. The highest BCUT2D eigenvalue weighted by Crippen LogP contribution is 2.43. The number of carbonyl (C=O) groups is 1. The zero-order valence-electron chi connectivity index (χ0n) is 14.4. The minimum Gasteiger partial charge on any atom is -0.462 e. The summed E-state index contributed by atoms with van der Waals surface area (Å²) in [6.45, 7) is 2.88. The molecule has 1 fully saturated rings. The first-order valence-corrected chi connectivity index (χ1v) is 9.70. The van der Waals surface area contributed by atoms with Gasteiger partial charge in [0.05, 0.1) is 6.61 Å². The lowest BCUT2D eigenvalue weighted by molar-refractivity contribution is -0.139. The Hall–Kier alpha value is -0.790. The van der Waals surface area contributed by atoms with Crippen LogP contribution in [0.3, 0.4) is 0 Å². The molecule has 1 saturated carbocycles. The Morgan fingerprint density at radius 3 is 2.18 bits per heavy atom. The number of esters is 1. The lowest BCUT2D eigenvalue weighted by atomic mass is 9.99. The molecule has 2 nitrogen and oxygen atoms in total. The van der Waals surface area contributed by atoms with E-state index in [0.29, 0.717) is 18.4 Å². The van der Waals surface area contributed by atoms with Crippen LogP contribution in [-0.2, 0) is 9.53 Å². The maximum absolute atomic E-state index is 12.0. The molecule has 0 spiro atoms. The van der Waals surface area contributed by atoms with Crippen LogP contribution in [0.15, 0.2) is 11.6 Å². The Labute approximate surface area is 136 Å². The molecule has 0 N–H and O–H groups in total. The van der Waals surface area contributed by atoms with Crippen molar-refractivity contribution in [3.8, 4) is 0 Å². The summed E-state index contributed by atoms with van der Waals surface area (Å²) in [6.07, 6.45) is 19.0. The Morgan fingerprint density at radius 2 is 1.64 bits per heavy atom. The van der Waals surface area contributed by atoms with E-state index < -0.39 is 0 Å². The van der Waals surface area contributed by atoms with Crippen LogP contribution in [0.5, 0.6) is 0 Å². The molecule has 2 bridgehead atoms. The Balaban J connectivity index is 1.39. The summed E-state index contributed by atoms with van der Waals surface area (Å²) in [7, 11) is 0. The molecule has 2 heteroatoms. The van der Waals surface area contributed by atoms with E-state index in [4.69, 9.17) is 4.74 Å². The zero-order chi connectivity index (χ0) is 15.6. The lowest BCUT2D eigenvalue weighted by Crippen LogP contribution is -2.13. The highest BCUT2D eigenvalue weighted by Gasteiger charge is 2.36. The van der Waals surface area contributed by atoms with Crippen LogP contribution in [0.25, 0.3) is 0 Å². The molecule has 0 aromatic carbocycles. The number of carbonyl (C=O) groups excluding carboxylic acids is 1. The fourth-order valence-corrected chi connectivity index (χ4v) is 3.91. The van der Waals surface area contributed by atoms with Crippen LogP contribution in [0.4, 0.5) is 0 Å². The molecular weight excluding hydrogens is 272 g/mol. The van der Waals surface area contributed by atoms with E-state index in [2.05, 4.69) is 13.0 Å². The van der Waals surface area contributed by atoms with Gasteiger partial charge in [-0.05, 0) is 37.5 Å². The predicted octanol–water partition coefficient (Wildman–Crippen LogP) is 5.81. The van der Waals surface area contributed by atoms with Crippen molar-refractivity contribution >= 4 is 5.97 Å². The largest absolute Gasteiger partial charge is 0.462 e. The molecule has 2 aliphatic carbocycles. The van der Waals surface area contributed by atoms with Gasteiger partial charge in [-0.25, -0.2) is 4.79 Å². The third kappa shape index (κ3) is 5.78. The average Bonchev–Trinajstić information content (AvgIpc) is 3.15. The van der Waals surface area contributed by atoms with E-state index >= 15 is 0 Å². The smallest absolute Gasteiger partial charge is 0.333 e. The minimum atomic E-state index is -0.0249. The first kappa shape index (κ1) is 17.6. The number of hydrogen-bond donors (Lipinski definition) is 0. The van der Waals surface area contributed by atoms with Gasteiger partial charge in [0.2, 0.25) is 0 Å². The standard InChI is InChI=1S/C20H34O2/c1-2-3-4-5-6-7-8-9-10-11-14-22-20(21)19-16-17-12-13-18(19)15-17/h16-18H,2-15H2,1H3. The second kappa shape index (κ2) is 10.1. The van der Waals surface area contributed by atoms with Gasteiger partial charge in [-0.3, -0.25) is 0 Å². The van der Waals surface area contributed by atoms with Crippen molar-refractivity contribution in [3.05, 3.63) is 11.6 Å². The van der Waals surface area contributed by atoms with E-state index in [9.17, 15) is 4.79 Å². The molecular formula is C20H34O2. The van der Waals surface area contributed by atoms with Crippen LogP contribution in [-0.4, -0.2) is 12.6 Å². The maximum atomic E-state index is 12.0. The number of rotatable bonds is 12. The molecule has 0 aromatic rings. The predicted molar refractivity (Wildman–Crippen MR) is 91.7 cm³/mol. The summed E-state index contributed by atoms with van der Waals surface area (Å²) >= 11 is 0. The van der Waals surface area contributed by atoms with Crippen LogP contribution in [0.1, 0.15) is 90.4 Å². The molecule has 2 atom stereocenters. The number of fused-ring (bicyclic) bond motifs is 2. The minimum absolute atomic E-state index is 0.0249. The first-order valence-electron chi connectivity index (χ1n) is 9.70. The number of ether oxygens (including phenoxy) is 1. The lowest BCUT2D eigenvalue weighted by Gasteiger charge is -2.12. The third-order valence-corrected chi connectivity index (χ3v) is 5.30. The third-order valence-electron chi connectivity index (χ3n) is 5.30. The van der Waals surface area contributed by atoms with Crippen LogP contribution in [0.2, 0.25) is 0 Å². The van der Waals surface area contributed by atoms with Crippen molar-refractivity contribution in [2.24, 2.45) is 11.8 Å². The molecule has 2 unspecified atom stereocenters. The number of hydrogen-bond acceptors (Lipinski definition) is 2. The van der Waals surface area contributed by atoms with Gasteiger partial charge in [0.1, 0.15) is 0 Å². The molecule has 0 saturated heterocycles. The summed E-state index contributed by atoms with van der Waals surface area (Å²) in [6, 6.07) is 0. The van der Waals surface area contributed by atoms with Gasteiger partial charge in [0.15, 0.2) is 0 Å². The summed E-state index contributed by atoms with van der Waals surface area (Å²) in [5.41, 5.74) is 0.989. The number of allylic oxidation sites excluding steroid dienone is 1. The highest BCUT2D eigenvalue weighted by molar-refractivity contribution is 5.89. The van der Waals surface area contributed by atoms with Crippen molar-refractivity contribution in [2.45, 2.75) is 90.4 Å². The van der Waals surface area contributed by atoms with Crippen LogP contribution >= 0.6 is 0 Å². The topological polar surface area (TPSA) is 26.3 Å². The Bertz CT molecular complexity index is 359.